The van der Waals surface area contributed by atoms with Gasteiger partial charge in [-0.2, -0.15) is 0 Å². The van der Waals surface area contributed by atoms with Gasteiger partial charge in [0.2, 0.25) is 0 Å². The molecule has 0 aliphatic carbocycles. The van der Waals surface area contributed by atoms with Gasteiger partial charge in [0.25, 0.3) is 5.91 Å². The summed E-state index contributed by atoms with van der Waals surface area (Å²) in [5.74, 6) is -0.899. The van der Waals surface area contributed by atoms with Crippen LogP contribution in [0.5, 0.6) is 0 Å². The fraction of sp³-hybridized carbons (Fsp3) is 0.400. The molecule has 0 aliphatic rings. The summed E-state index contributed by atoms with van der Waals surface area (Å²) in [6.07, 6.45) is -5.65. The van der Waals surface area contributed by atoms with Crippen molar-refractivity contribution in [3.8, 4) is 0 Å². The van der Waals surface area contributed by atoms with Gasteiger partial charge in [-0.15, -0.1) is 0 Å². The average molecular weight is 311 g/mol. The standard InChI is InChI=1S/C15H21NO6/c1-2-9-3-5-10(6-4-9)7-16-15(22)14(21)13(20)12(19)11(18)8-17/h2-6,11-14,17-21H,1,7-8H2,(H,16,22)/t11-,12-,13+,14+/m1/s1. The quantitative estimate of drug-likeness (QED) is 0.342. The van der Waals surface area contributed by atoms with E-state index in [0.29, 0.717) is 0 Å². The molecule has 7 heteroatoms. The third kappa shape index (κ3) is 4.90. The van der Waals surface area contributed by atoms with E-state index >= 15 is 0 Å². The summed E-state index contributed by atoms with van der Waals surface area (Å²) in [7, 11) is 0. The average Bonchev–Trinajstić information content (AvgIpc) is 2.57. The van der Waals surface area contributed by atoms with Crippen LogP contribution in [-0.4, -0.2) is 62.5 Å². The molecule has 0 aliphatic heterocycles. The molecule has 122 valence electrons. The molecule has 0 spiro atoms. The first-order chi connectivity index (χ1) is 10.4. The van der Waals surface area contributed by atoms with Gasteiger partial charge in [0.05, 0.1) is 6.61 Å². The minimum Gasteiger partial charge on any atom is -0.394 e. The molecule has 1 aromatic rings. The number of carbonyl (C=O) groups excluding carboxylic acids is 1. The van der Waals surface area contributed by atoms with Crippen LogP contribution in [0, 0.1) is 0 Å². The Balaban J connectivity index is 2.54. The van der Waals surface area contributed by atoms with Crippen molar-refractivity contribution in [2.24, 2.45) is 0 Å². The molecule has 0 heterocycles. The lowest BCUT2D eigenvalue weighted by Crippen LogP contribution is -2.51. The normalized spacial score (nSPS) is 16.4. The van der Waals surface area contributed by atoms with E-state index in [1.165, 1.54) is 0 Å². The van der Waals surface area contributed by atoms with Gasteiger partial charge in [0.15, 0.2) is 6.10 Å². The Morgan fingerprint density at radius 1 is 1.14 bits per heavy atom. The molecule has 0 saturated carbocycles. The number of carbonyl (C=O) groups is 1. The van der Waals surface area contributed by atoms with Gasteiger partial charge in [0.1, 0.15) is 18.3 Å². The molecule has 6 N–H and O–H groups in total. The molecular weight excluding hydrogens is 290 g/mol. The highest BCUT2D eigenvalue weighted by Gasteiger charge is 2.33. The van der Waals surface area contributed by atoms with Gasteiger partial charge in [-0.25, -0.2) is 0 Å². The first-order valence-corrected chi connectivity index (χ1v) is 6.73. The summed E-state index contributed by atoms with van der Waals surface area (Å²) in [5, 5.41) is 48.9. The van der Waals surface area contributed by atoms with Crippen LogP contribution in [0.2, 0.25) is 0 Å². The third-order valence-corrected chi connectivity index (χ3v) is 3.21. The zero-order chi connectivity index (χ0) is 16.7. The van der Waals surface area contributed by atoms with Gasteiger partial charge < -0.3 is 30.8 Å². The largest absolute Gasteiger partial charge is 0.394 e. The summed E-state index contributed by atoms with van der Waals surface area (Å²) >= 11 is 0. The fourth-order valence-electron chi connectivity index (χ4n) is 1.74. The highest BCUT2D eigenvalue weighted by Crippen LogP contribution is 2.07. The van der Waals surface area contributed by atoms with Crippen molar-refractivity contribution in [3.05, 3.63) is 42.0 Å². The highest BCUT2D eigenvalue weighted by atomic mass is 16.4. The number of aliphatic hydroxyl groups excluding tert-OH is 5. The minimum atomic E-state index is -1.93. The van der Waals surface area contributed by atoms with Crippen LogP contribution in [0.1, 0.15) is 11.1 Å². The van der Waals surface area contributed by atoms with E-state index < -0.39 is 36.9 Å². The van der Waals surface area contributed by atoms with E-state index in [1.54, 1.807) is 30.3 Å². The lowest BCUT2D eigenvalue weighted by Gasteiger charge is -2.24. The van der Waals surface area contributed by atoms with E-state index in [-0.39, 0.29) is 6.54 Å². The van der Waals surface area contributed by atoms with Crippen molar-refractivity contribution in [2.75, 3.05) is 6.61 Å². The highest BCUT2D eigenvalue weighted by molar-refractivity contribution is 5.81. The summed E-state index contributed by atoms with van der Waals surface area (Å²) < 4.78 is 0. The summed E-state index contributed by atoms with van der Waals surface area (Å²) in [5.41, 5.74) is 1.70. The van der Waals surface area contributed by atoms with E-state index in [0.717, 1.165) is 11.1 Å². The second-order valence-corrected chi connectivity index (χ2v) is 4.84. The van der Waals surface area contributed by atoms with Crippen LogP contribution in [0.15, 0.2) is 30.8 Å². The molecule has 0 bridgehead atoms. The molecule has 1 amide bonds. The first-order valence-electron chi connectivity index (χ1n) is 6.73. The SMILES string of the molecule is C=Cc1ccc(CNC(=O)[C@@H](O)[C@@H](O)[C@H](O)[C@H](O)CO)cc1. The fourth-order valence-corrected chi connectivity index (χ4v) is 1.74. The van der Waals surface area contributed by atoms with Crippen molar-refractivity contribution < 1.29 is 30.3 Å². The number of hydrogen-bond acceptors (Lipinski definition) is 6. The Morgan fingerprint density at radius 2 is 1.73 bits per heavy atom. The maximum absolute atomic E-state index is 11.7. The van der Waals surface area contributed by atoms with Gasteiger partial charge in [-0.3, -0.25) is 4.79 Å². The maximum atomic E-state index is 11.7. The second-order valence-electron chi connectivity index (χ2n) is 4.84. The molecule has 22 heavy (non-hydrogen) atoms. The van der Waals surface area contributed by atoms with Crippen molar-refractivity contribution >= 4 is 12.0 Å². The van der Waals surface area contributed by atoms with Gasteiger partial charge in [-0.1, -0.05) is 36.9 Å². The van der Waals surface area contributed by atoms with Gasteiger partial charge in [0, 0.05) is 6.54 Å². The molecule has 0 radical (unpaired) electrons. The second kappa shape index (κ2) is 8.62. The lowest BCUT2D eigenvalue weighted by molar-refractivity contribution is -0.149. The predicted molar refractivity (Wildman–Crippen MR) is 79.5 cm³/mol. The Kier molecular flexibility index (Phi) is 7.16. The number of nitrogens with one attached hydrogen (secondary N) is 1. The Hall–Kier alpha value is -1.77. The zero-order valence-corrected chi connectivity index (χ0v) is 12.0. The Labute approximate surface area is 128 Å². The van der Waals surface area contributed by atoms with Crippen molar-refractivity contribution in [1.29, 1.82) is 0 Å². The van der Waals surface area contributed by atoms with E-state index in [4.69, 9.17) is 5.11 Å². The molecular formula is C15H21NO6. The molecule has 0 saturated heterocycles. The lowest BCUT2D eigenvalue weighted by atomic mass is 10.0. The monoisotopic (exact) mass is 311 g/mol. The predicted octanol–water partition coefficient (Wildman–Crippen LogP) is -1.62. The number of hydrogen-bond donors (Lipinski definition) is 6. The van der Waals surface area contributed by atoms with Crippen LogP contribution >= 0.6 is 0 Å². The van der Waals surface area contributed by atoms with Crippen LogP contribution in [-0.2, 0) is 11.3 Å². The van der Waals surface area contributed by atoms with Crippen molar-refractivity contribution in [3.63, 3.8) is 0 Å². The van der Waals surface area contributed by atoms with Crippen molar-refractivity contribution in [1.82, 2.24) is 5.32 Å². The summed E-state index contributed by atoms with van der Waals surface area (Å²) in [6, 6.07) is 7.15. The van der Waals surface area contributed by atoms with Gasteiger partial charge >= 0.3 is 0 Å². The van der Waals surface area contributed by atoms with Gasteiger partial charge in [-0.05, 0) is 11.1 Å². The number of amides is 1. The van der Waals surface area contributed by atoms with E-state index in [9.17, 15) is 25.2 Å². The Bertz CT molecular complexity index is 489. The molecule has 0 unspecified atom stereocenters. The smallest absolute Gasteiger partial charge is 0.251 e. The Morgan fingerprint density at radius 3 is 2.23 bits per heavy atom. The minimum absolute atomic E-state index is 0.124. The number of rotatable bonds is 8. The first kappa shape index (κ1) is 18.3. The maximum Gasteiger partial charge on any atom is 0.251 e. The van der Waals surface area contributed by atoms with Crippen LogP contribution in [0.4, 0.5) is 0 Å². The molecule has 1 aromatic carbocycles. The van der Waals surface area contributed by atoms with Crippen LogP contribution < -0.4 is 5.32 Å². The van der Waals surface area contributed by atoms with Crippen molar-refractivity contribution in [2.45, 2.75) is 31.0 Å². The summed E-state index contributed by atoms with van der Waals surface area (Å²) in [4.78, 5) is 11.7. The van der Waals surface area contributed by atoms with Crippen LogP contribution in [0.25, 0.3) is 6.08 Å². The molecule has 1 rings (SSSR count). The number of aliphatic hydroxyl groups is 5. The molecule has 0 fully saturated rings. The zero-order valence-electron chi connectivity index (χ0n) is 12.0. The molecule has 0 aromatic heterocycles. The third-order valence-electron chi connectivity index (χ3n) is 3.21. The number of benzene rings is 1. The van der Waals surface area contributed by atoms with E-state index in [2.05, 4.69) is 11.9 Å². The van der Waals surface area contributed by atoms with Crippen LogP contribution in [0.3, 0.4) is 0 Å². The van der Waals surface area contributed by atoms with E-state index in [1.807, 2.05) is 0 Å². The molecule has 7 nitrogen and oxygen atoms in total. The summed E-state index contributed by atoms with van der Waals surface area (Å²) in [6.45, 7) is 2.94. The molecule has 4 atom stereocenters. The topological polar surface area (TPSA) is 130 Å².